The Labute approximate surface area is 198 Å². The molecule has 34 heavy (non-hydrogen) atoms. The van der Waals surface area contributed by atoms with E-state index in [4.69, 9.17) is 9.15 Å². The summed E-state index contributed by atoms with van der Waals surface area (Å²) in [6, 6.07) is 19.5. The van der Waals surface area contributed by atoms with Crippen molar-refractivity contribution >= 4 is 11.7 Å². The number of hydrogen-bond donors (Lipinski definition) is 1. The number of aliphatic hydroxyl groups is 1. The maximum Gasteiger partial charge on any atom is 0.290 e. The second-order valence-electron chi connectivity index (χ2n) is 8.47. The van der Waals surface area contributed by atoms with Gasteiger partial charge in [0, 0.05) is 6.54 Å². The van der Waals surface area contributed by atoms with Crippen molar-refractivity contribution in [2.75, 3.05) is 27.2 Å². The third-order valence-corrected chi connectivity index (χ3v) is 5.74. The van der Waals surface area contributed by atoms with Gasteiger partial charge in [0.05, 0.1) is 17.9 Å². The summed E-state index contributed by atoms with van der Waals surface area (Å²) in [7, 11) is 3.91. The predicted octanol–water partition coefficient (Wildman–Crippen LogP) is 4.39. The third kappa shape index (κ3) is 5.05. The number of ether oxygens (including phenoxy) is 1. The molecule has 0 bridgehead atoms. The van der Waals surface area contributed by atoms with Gasteiger partial charge >= 0.3 is 0 Å². The van der Waals surface area contributed by atoms with Gasteiger partial charge in [0.25, 0.3) is 5.91 Å². The fraction of sp³-hybridized carbons (Fsp3) is 0.259. The van der Waals surface area contributed by atoms with Crippen molar-refractivity contribution in [3.05, 3.63) is 101 Å². The zero-order valence-electron chi connectivity index (χ0n) is 19.3. The molecule has 0 aliphatic carbocycles. The average Bonchev–Trinajstić information content (AvgIpc) is 3.46. The summed E-state index contributed by atoms with van der Waals surface area (Å²) in [5.41, 5.74) is 1.80. The van der Waals surface area contributed by atoms with Gasteiger partial charge in [-0.1, -0.05) is 42.5 Å². The fourth-order valence-electron chi connectivity index (χ4n) is 4.05. The SMILES string of the molecule is CN(C)CCCN1C(=O)C(O)=C(C(=O)c2ccco2)[C@H]1c1ccc(OCc2ccccc2)cc1. The van der Waals surface area contributed by atoms with E-state index >= 15 is 0 Å². The Bertz CT molecular complexity index is 1150. The van der Waals surface area contributed by atoms with Crippen LogP contribution in [0.1, 0.15) is 34.1 Å². The van der Waals surface area contributed by atoms with Crippen LogP contribution in [-0.2, 0) is 11.4 Å². The molecule has 176 valence electrons. The third-order valence-electron chi connectivity index (χ3n) is 5.74. The first-order chi connectivity index (χ1) is 16.5. The van der Waals surface area contributed by atoms with E-state index in [2.05, 4.69) is 0 Å². The number of hydrogen-bond acceptors (Lipinski definition) is 6. The molecule has 0 spiro atoms. The van der Waals surface area contributed by atoms with Gasteiger partial charge < -0.3 is 24.1 Å². The zero-order valence-corrected chi connectivity index (χ0v) is 19.3. The molecule has 2 aromatic carbocycles. The zero-order chi connectivity index (χ0) is 24.1. The van der Waals surface area contributed by atoms with Crippen LogP contribution < -0.4 is 4.74 Å². The lowest BCUT2D eigenvalue weighted by atomic mass is 9.95. The Hall–Kier alpha value is -3.84. The van der Waals surface area contributed by atoms with Gasteiger partial charge in [-0.25, -0.2) is 0 Å². The van der Waals surface area contributed by atoms with Crippen LogP contribution in [0.2, 0.25) is 0 Å². The van der Waals surface area contributed by atoms with Crippen LogP contribution in [0.15, 0.2) is 88.7 Å². The van der Waals surface area contributed by atoms with E-state index < -0.39 is 23.5 Å². The smallest absolute Gasteiger partial charge is 0.290 e. The number of aliphatic hydroxyl groups excluding tert-OH is 1. The molecule has 0 fully saturated rings. The lowest BCUT2D eigenvalue weighted by Gasteiger charge is -2.27. The maximum atomic E-state index is 13.2. The lowest BCUT2D eigenvalue weighted by molar-refractivity contribution is -0.129. The molecule has 1 aromatic heterocycles. The Morgan fingerprint density at radius 3 is 2.44 bits per heavy atom. The van der Waals surface area contributed by atoms with Crippen molar-refractivity contribution < 1.29 is 23.8 Å². The van der Waals surface area contributed by atoms with E-state index in [1.54, 1.807) is 11.0 Å². The molecule has 0 radical (unpaired) electrons. The van der Waals surface area contributed by atoms with Gasteiger partial charge in [-0.15, -0.1) is 0 Å². The minimum absolute atomic E-state index is 0.0303. The summed E-state index contributed by atoms with van der Waals surface area (Å²) < 4.78 is 11.1. The van der Waals surface area contributed by atoms with E-state index in [1.807, 2.05) is 73.6 Å². The molecule has 2 heterocycles. The first-order valence-corrected chi connectivity index (χ1v) is 11.2. The van der Waals surface area contributed by atoms with Crippen molar-refractivity contribution in [1.29, 1.82) is 0 Å². The standard InChI is InChI=1S/C27H28N2O5/c1-28(2)15-7-16-29-24(23(26(31)27(29)32)25(30)22-10-6-17-33-22)20-11-13-21(14-12-20)34-18-19-8-4-3-5-9-19/h3-6,8-14,17,24,31H,7,15-16,18H2,1-2H3/t24-/m1/s1. The van der Waals surface area contributed by atoms with E-state index in [0.717, 1.165) is 12.1 Å². The fourth-order valence-corrected chi connectivity index (χ4v) is 4.05. The van der Waals surface area contributed by atoms with Crippen LogP contribution in [0.4, 0.5) is 0 Å². The second kappa shape index (κ2) is 10.4. The summed E-state index contributed by atoms with van der Waals surface area (Å²) in [4.78, 5) is 29.7. The number of ketones is 1. The van der Waals surface area contributed by atoms with Crippen LogP contribution in [0.3, 0.4) is 0 Å². The van der Waals surface area contributed by atoms with Crippen molar-refractivity contribution in [3.8, 4) is 5.75 Å². The number of amides is 1. The minimum Gasteiger partial charge on any atom is -0.503 e. The number of carbonyl (C=O) groups excluding carboxylic acids is 2. The van der Waals surface area contributed by atoms with Crippen LogP contribution >= 0.6 is 0 Å². The average molecular weight is 461 g/mol. The van der Waals surface area contributed by atoms with Gasteiger partial charge in [0.1, 0.15) is 12.4 Å². The summed E-state index contributed by atoms with van der Waals surface area (Å²) in [6.07, 6.45) is 2.09. The molecule has 7 heteroatoms. The van der Waals surface area contributed by atoms with Gasteiger partial charge in [0.2, 0.25) is 5.78 Å². The maximum absolute atomic E-state index is 13.2. The molecule has 4 rings (SSSR count). The highest BCUT2D eigenvalue weighted by molar-refractivity contribution is 6.15. The monoisotopic (exact) mass is 460 g/mol. The highest BCUT2D eigenvalue weighted by atomic mass is 16.5. The molecule has 0 saturated heterocycles. The van der Waals surface area contributed by atoms with Crippen LogP contribution in [0.5, 0.6) is 5.75 Å². The van der Waals surface area contributed by atoms with E-state index in [0.29, 0.717) is 30.9 Å². The number of furan rings is 1. The number of rotatable bonds is 10. The summed E-state index contributed by atoms with van der Waals surface area (Å²) in [6.45, 7) is 1.60. The molecule has 1 aliphatic heterocycles. The molecular formula is C27H28N2O5. The first-order valence-electron chi connectivity index (χ1n) is 11.2. The highest BCUT2D eigenvalue weighted by Crippen LogP contribution is 2.39. The number of carbonyl (C=O) groups is 2. The topological polar surface area (TPSA) is 83.2 Å². The molecule has 3 aromatic rings. The van der Waals surface area contributed by atoms with Crippen molar-refractivity contribution in [3.63, 3.8) is 0 Å². The summed E-state index contributed by atoms with van der Waals surface area (Å²) in [5.74, 6) is -0.829. The Morgan fingerprint density at radius 1 is 1.06 bits per heavy atom. The Kier molecular flexibility index (Phi) is 7.13. The lowest BCUT2D eigenvalue weighted by Crippen LogP contribution is -2.33. The quantitative estimate of drug-likeness (QED) is 0.452. The molecular weight excluding hydrogens is 432 g/mol. The number of nitrogens with zero attached hydrogens (tertiary/aromatic N) is 2. The van der Waals surface area contributed by atoms with E-state index in [9.17, 15) is 14.7 Å². The summed E-state index contributed by atoms with van der Waals surface area (Å²) >= 11 is 0. The molecule has 1 aliphatic rings. The number of Topliss-reactive ketones (excluding diaryl/α,β-unsaturated/α-hetero) is 1. The van der Waals surface area contributed by atoms with Crippen molar-refractivity contribution in [2.45, 2.75) is 19.1 Å². The Morgan fingerprint density at radius 2 is 1.79 bits per heavy atom. The predicted molar refractivity (Wildman–Crippen MR) is 128 cm³/mol. The van der Waals surface area contributed by atoms with Crippen LogP contribution in [0, 0.1) is 0 Å². The molecule has 1 N–H and O–H groups in total. The van der Waals surface area contributed by atoms with Gasteiger partial charge in [-0.05, 0) is 62.5 Å². The van der Waals surface area contributed by atoms with Crippen molar-refractivity contribution in [1.82, 2.24) is 9.80 Å². The van der Waals surface area contributed by atoms with Gasteiger partial charge in [0.15, 0.2) is 11.5 Å². The normalized spacial score (nSPS) is 15.9. The minimum atomic E-state index is -0.713. The van der Waals surface area contributed by atoms with Crippen molar-refractivity contribution in [2.24, 2.45) is 0 Å². The molecule has 1 atom stereocenters. The van der Waals surface area contributed by atoms with E-state index in [-0.39, 0.29) is 11.3 Å². The van der Waals surface area contributed by atoms with Crippen LogP contribution in [-0.4, -0.2) is 53.8 Å². The largest absolute Gasteiger partial charge is 0.503 e. The van der Waals surface area contributed by atoms with Crippen LogP contribution in [0.25, 0.3) is 0 Å². The molecule has 0 saturated carbocycles. The van der Waals surface area contributed by atoms with E-state index in [1.165, 1.54) is 12.3 Å². The molecule has 1 amide bonds. The Balaban J connectivity index is 1.59. The summed E-state index contributed by atoms with van der Waals surface area (Å²) in [5, 5.41) is 10.7. The van der Waals surface area contributed by atoms with Gasteiger partial charge in [-0.3, -0.25) is 9.59 Å². The second-order valence-corrected chi connectivity index (χ2v) is 8.47. The molecule has 0 unspecified atom stereocenters. The first kappa shape index (κ1) is 23.3. The molecule has 7 nitrogen and oxygen atoms in total. The number of benzene rings is 2. The highest BCUT2D eigenvalue weighted by Gasteiger charge is 2.44. The van der Waals surface area contributed by atoms with Gasteiger partial charge in [-0.2, -0.15) is 0 Å².